The summed E-state index contributed by atoms with van der Waals surface area (Å²) < 4.78 is 7.34. The number of hydrogen-bond donors (Lipinski definition) is 0. The lowest BCUT2D eigenvalue weighted by Gasteiger charge is -2.06. The van der Waals surface area contributed by atoms with Gasteiger partial charge in [0.2, 0.25) is 0 Å². The highest BCUT2D eigenvalue weighted by Gasteiger charge is 2.16. The Morgan fingerprint density at radius 1 is 1.14 bits per heavy atom. The molecule has 3 heterocycles. The lowest BCUT2D eigenvalue weighted by atomic mass is 10.2. The Morgan fingerprint density at radius 3 is 2.75 bits per heavy atom. The van der Waals surface area contributed by atoms with E-state index in [0.717, 1.165) is 16.5 Å². The van der Waals surface area contributed by atoms with Gasteiger partial charge in [-0.2, -0.15) is 4.98 Å². The first-order chi connectivity index (χ1) is 13.8. The molecule has 3 aromatic heterocycles. The summed E-state index contributed by atoms with van der Waals surface area (Å²) in [6.45, 7) is 4.41. The third-order valence-electron chi connectivity index (χ3n) is 3.87. The quantitative estimate of drug-likeness (QED) is 0.327. The second-order valence-electron chi connectivity index (χ2n) is 5.73. The van der Waals surface area contributed by atoms with Crippen LogP contribution in [0.4, 0.5) is 0 Å². The number of hydrogen-bond acceptors (Lipinski definition) is 7. The molecule has 0 fully saturated rings. The van der Waals surface area contributed by atoms with E-state index in [-0.39, 0.29) is 0 Å². The van der Waals surface area contributed by atoms with Gasteiger partial charge in [0.25, 0.3) is 5.89 Å². The molecular weight excluding hydrogens is 396 g/mol. The average molecular weight is 411 g/mol. The second-order valence-corrected chi connectivity index (χ2v) is 7.08. The van der Waals surface area contributed by atoms with Crippen molar-refractivity contribution in [2.45, 2.75) is 17.5 Å². The number of nitrogens with zero attached hydrogens (tertiary/aromatic N) is 6. The Balaban J connectivity index is 1.54. The molecule has 0 saturated carbocycles. The Hall–Kier alpha value is -2.97. The van der Waals surface area contributed by atoms with Crippen LogP contribution in [0.3, 0.4) is 0 Å². The van der Waals surface area contributed by atoms with Gasteiger partial charge in [-0.05, 0) is 24.3 Å². The van der Waals surface area contributed by atoms with E-state index in [9.17, 15) is 0 Å². The van der Waals surface area contributed by atoms with E-state index in [0.29, 0.717) is 34.6 Å². The topological polar surface area (TPSA) is 82.5 Å². The molecule has 7 nitrogen and oxygen atoms in total. The Kier molecular flexibility index (Phi) is 5.50. The molecule has 28 heavy (non-hydrogen) atoms. The first-order valence-electron chi connectivity index (χ1n) is 8.41. The molecule has 0 radical (unpaired) electrons. The van der Waals surface area contributed by atoms with E-state index in [1.165, 1.54) is 11.8 Å². The molecule has 0 aliphatic rings. The van der Waals surface area contributed by atoms with Gasteiger partial charge < -0.3 is 4.52 Å². The average Bonchev–Trinajstić information content (AvgIpc) is 3.35. The summed E-state index contributed by atoms with van der Waals surface area (Å²) in [7, 11) is 0. The number of thioether (sulfide) groups is 1. The molecule has 0 aliphatic heterocycles. The van der Waals surface area contributed by atoms with Crippen LogP contribution in [0.25, 0.3) is 22.8 Å². The van der Waals surface area contributed by atoms with Gasteiger partial charge in [0, 0.05) is 24.5 Å². The number of aromatic nitrogens is 6. The maximum atomic E-state index is 6.19. The third kappa shape index (κ3) is 3.83. The molecule has 0 atom stereocenters. The molecule has 0 unspecified atom stereocenters. The lowest BCUT2D eigenvalue weighted by molar-refractivity contribution is 0.425. The minimum atomic E-state index is 0.395. The summed E-state index contributed by atoms with van der Waals surface area (Å²) in [6, 6.07) is 11.1. The summed E-state index contributed by atoms with van der Waals surface area (Å²) in [5.74, 6) is 2.19. The summed E-state index contributed by atoms with van der Waals surface area (Å²) in [5.41, 5.74) is 1.65. The number of pyridine rings is 1. The number of allylic oxidation sites excluding steroid dienone is 1. The van der Waals surface area contributed by atoms with Crippen molar-refractivity contribution in [2.24, 2.45) is 0 Å². The third-order valence-corrected chi connectivity index (χ3v) is 5.16. The zero-order chi connectivity index (χ0) is 19.3. The number of benzene rings is 1. The minimum absolute atomic E-state index is 0.395. The van der Waals surface area contributed by atoms with Crippen LogP contribution in [0.1, 0.15) is 5.82 Å². The van der Waals surface area contributed by atoms with Crippen molar-refractivity contribution in [3.8, 4) is 22.8 Å². The maximum Gasteiger partial charge on any atom is 0.259 e. The Labute approximate surface area is 170 Å². The summed E-state index contributed by atoms with van der Waals surface area (Å²) in [6.07, 6.45) is 5.26. The molecule has 1 aromatic carbocycles. The van der Waals surface area contributed by atoms with Crippen LogP contribution >= 0.6 is 23.4 Å². The molecule has 0 aliphatic carbocycles. The standard InChI is InChI=1S/C19H15ClN6OS/c1-2-11-26-17(13-7-9-21-10-8-13)23-24-19(26)28-12-16-22-18(27-25-16)14-5-3-4-6-15(14)20/h2-10H,1,11-12H2. The highest BCUT2D eigenvalue weighted by molar-refractivity contribution is 7.98. The van der Waals surface area contributed by atoms with Crippen molar-refractivity contribution in [3.63, 3.8) is 0 Å². The fraction of sp³-hybridized carbons (Fsp3) is 0.105. The van der Waals surface area contributed by atoms with Crippen LogP contribution in [-0.4, -0.2) is 29.9 Å². The molecule has 9 heteroatoms. The van der Waals surface area contributed by atoms with Crippen molar-refractivity contribution in [3.05, 3.63) is 72.3 Å². The molecular formula is C19H15ClN6OS. The van der Waals surface area contributed by atoms with Crippen molar-refractivity contribution < 1.29 is 4.52 Å². The zero-order valence-electron chi connectivity index (χ0n) is 14.7. The predicted molar refractivity (Wildman–Crippen MR) is 108 cm³/mol. The Bertz CT molecular complexity index is 1090. The molecule has 0 spiro atoms. The molecule has 0 bridgehead atoms. The van der Waals surface area contributed by atoms with E-state index >= 15 is 0 Å². The van der Waals surface area contributed by atoms with Gasteiger partial charge in [-0.3, -0.25) is 9.55 Å². The van der Waals surface area contributed by atoms with Gasteiger partial charge in [-0.25, -0.2) is 0 Å². The van der Waals surface area contributed by atoms with Gasteiger partial charge >= 0.3 is 0 Å². The molecule has 0 saturated heterocycles. The van der Waals surface area contributed by atoms with Crippen LogP contribution in [0.5, 0.6) is 0 Å². The van der Waals surface area contributed by atoms with Crippen LogP contribution < -0.4 is 0 Å². The number of rotatable bonds is 7. The second kappa shape index (κ2) is 8.37. The van der Waals surface area contributed by atoms with E-state index in [2.05, 4.69) is 31.9 Å². The minimum Gasteiger partial charge on any atom is -0.334 e. The highest BCUT2D eigenvalue weighted by atomic mass is 35.5. The molecule has 140 valence electrons. The normalized spacial score (nSPS) is 10.9. The highest BCUT2D eigenvalue weighted by Crippen LogP contribution is 2.28. The summed E-state index contributed by atoms with van der Waals surface area (Å²) >= 11 is 7.67. The molecule has 4 aromatic rings. The first-order valence-corrected chi connectivity index (χ1v) is 9.77. The summed E-state index contributed by atoms with van der Waals surface area (Å²) in [5, 5.41) is 14.0. The van der Waals surface area contributed by atoms with Crippen molar-refractivity contribution in [1.29, 1.82) is 0 Å². The van der Waals surface area contributed by atoms with Gasteiger partial charge in [0.05, 0.1) is 16.3 Å². The van der Waals surface area contributed by atoms with Crippen molar-refractivity contribution in [2.75, 3.05) is 0 Å². The molecule has 4 rings (SSSR count). The maximum absolute atomic E-state index is 6.19. The monoisotopic (exact) mass is 410 g/mol. The summed E-state index contributed by atoms with van der Waals surface area (Å²) in [4.78, 5) is 8.47. The van der Waals surface area contributed by atoms with Crippen LogP contribution in [0.2, 0.25) is 5.02 Å². The largest absolute Gasteiger partial charge is 0.334 e. The van der Waals surface area contributed by atoms with Gasteiger partial charge in [-0.15, -0.1) is 16.8 Å². The van der Waals surface area contributed by atoms with E-state index in [4.69, 9.17) is 16.1 Å². The zero-order valence-corrected chi connectivity index (χ0v) is 16.3. The van der Waals surface area contributed by atoms with E-state index in [1.54, 1.807) is 18.5 Å². The van der Waals surface area contributed by atoms with Crippen molar-refractivity contribution in [1.82, 2.24) is 29.9 Å². The van der Waals surface area contributed by atoms with E-state index in [1.807, 2.05) is 41.0 Å². The smallest absolute Gasteiger partial charge is 0.259 e. The van der Waals surface area contributed by atoms with Crippen LogP contribution in [0.15, 0.2) is 71.1 Å². The van der Waals surface area contributed by atoms with E-state index < -0.39 is 0 Å². The lowest BCUT2D eigenvalue weighted by Crippen LogP contribution is -2.01. The number of halogens is 1. The fourth-order valence-corrected chi connectivity index (χ4v) is 3.60. The predicted octanol–water partition coefficient (Wildman–Crippen LogP) is 4.52. The van der Waals surface area contributed by atoms with Crippen molar-refractivity contribution >= 4 is 23.4 Å². The van der Waals surface area contributed by atoms with Crippen LogP contribution in [0, 0.1) is 0 Å². The SMILES string of the molecule is C=CCn1c(SCc2noc(-c3ccccc3Cl)n2)nnc1-c1ccncc1. The van der Waals surface area contributed by atoms with Gasteiger partial charge in [-0.1, -0.05) is 46.7 Å². The fourth-order valence-electron chi connectivity index (χ4n) is 2.59. The Morgan fingerprint density at radius 2 is 1.96 bits per heavy atom. The van der Waals surface area contributed by atoms with Crippen LogP contribution in [-0.2, 0) is 12.3 Å². The molecule has 0 N–H and O–H groups in total. The van der Waals surface area contributed by atoms with Gasteiger partial charge in [0.1, 0.15) is 0 Å². The first kappa shape index (κ1) is 18.4. The van der Waals surface area contributed by atoms with Gasteiger partial charge in [0.15, 0.2) is 16.8 Å². The molecule has 0 amide bonds.